The topological polar surface area (TPSA) is 84.8 Å². The first-order valence-electron chi connectivity index (χ1n) is 9.22. The van der Waals surface area contributed by atoms with E-state index in [2.05, 4.69) is 17.9 Å². The second kappa shape index (κ2) is 8.80. The van der Waals surface area contributed by atoms with E-state index in [1.54, 1.807) is 23.8 Å². The van der Waals surface area contributed by atoms with Gasteiger partial charge in [0.2, 0.25) is 0 Å². The molecule has 6 nitrogen and oxygen atoms in total. The predicted octanol–water partition coefficient (Wildman–Crippen LogP) is 2.18. The summed E-state index contributed by atoms with van der Waals surface area (Å²) in [4.78, 5) is 3.71. The first-order chi connectivity index (χ1) is 12.8. The van der Waals surface area contributed by atoms with E-state index in [9.17, 15) is 4.21 Å². The first-order valence-corrected chi connectivity index (χ1v) is 12.1. The Morgan fingerprint density at radius 2 is 2.26 bits per heavy atom. The summed E-state index contributed by atoms with van der Waals surface area (Å²) in [6, 6.07) is 2.10. The number of fused-ring (bicyclic) bond motifs is 2. The molecule has 1 aromatic rings. The molecule has 0 aromatic carbocycles. The molecule has 1 fully saturated rings. The third kappa shape index (κ3) is 5.05. The molecule has 1 saturated heterocycles. The van der Waals surface area contributed by atoms with Crippen molar-refractivity contribution in [2.24, 2.45) is 11.6 Å². The Bertz CT molecular complexity index is 716. The van der Waals surface area contributed by atoms with E-state index >= 15 is 0 Å². The second-order valence-electron chi connectivity index (χ2n) is 7.53. The van der Waals surface area contributed by atoms with Gasteiger partial charge in [-0.15, -0.1) is 11.3 Å². The number of likely N-dealkylation sites (tertiary alicyclic amines) is 1. The normalized spacial score (nSPS) is 24.0. The van der Waals surface area contributed by atoms with Crippen LogP contribution in [0.3, 0.4) is 0 Å². The summed E-state index contributed by atoms with van der Waals surface area (Å²) in [6.07, 6.45) is 5.29. The van der Waals surface area contributed by atoms with Gasteiger partial charge in [0.15, 0.2) is 0 Å². The second-order valence-corrected chi connectivity index (χ2v) is 10.8. The van der Waals surface area contributed by atoms with Crippen molar-refractivity contribution < 1.29 is 8.95 Å². The van der Waals surface area contributed by atoms with E-state index in [4.69, 9.17) is 27.9 Å². The summed E-state index contributed by atoms with van der Waals surface area (Å²) < 4.78 is 18.4. The van der Waals surface area contributed by atoms with Crippen LogP contribution in [0.5, 0.6) is 0 Å². The number of thiophene rings is 1. The zero-order valence-electron chi connectivity index (χ0n) is 15.9. The molecule has 2 atom stereocenters. The van der Waals surface area contributed by atoms with E-state index in [1.165, 1.54) is 15.4 Å². The Labute approximate surface area is 172 Å². The SMILES string of the molecule is CC1COC2(CCN(C/C(N)=C/N(N)CCS(C)=O)CC2)c2cc(Cl)sc21. The van der Waals surface area contributed by atoms with Crippen molar-refractivity contribution in [1.29, 1.82) is 0 Å². The quantitative estimate of drug-likeness (QED) is 0.529. The lowest BCUT2D eigenvalue weighted by Gasteiger charge is -2.45. The summed E-state index contributed by atoms with van der Waals surface area (Å²) in [5.74, 6) is 6.85. The molecule has 0 amide bonds. The molecule has 0 aliphatic carbocycles. The number of nitrogens with two attached hydrogens (primary N) is 2. The van der Waals surface area contributed by atoms with Crippen molar-refractivity contribution >= 4 is 33.7 Å². The summed E-state index contributed by atoms with van der Waals surface area (Å²) in [5, 5.41) is 1.52. The highest BCUT2D eigenvalue weighted by Crippen LogP contribution is 2.48. The van der Waals surface area contributed by atoms with Crippen LogP contribution < -0.4 is 11.6 Å². The molecular weight excluding hydrogens is 404 g/mol. The zero-order chi connectivity index (χ0) is 19.6. The third-order valence-corrected chi connectivity index (χ3v) is 7.57. The van der Waals surface area contributed by atoms with Crippen LogP contribution >= 0.6 is 22.9 Å². The van der Waals surface area contributed by atoms with Crippen molar-refractivity contribution in [1.82, 2.24) is 9.91 Å². The van der Waals surface area contributed by atoms with Gasteiger partial charge in [0, 0.05) is 71.7 Å². The maximum Gasteiger partial charge on any atom is 0.0967 e. The molecule has 152 valence electrons. The summed E-state index contributed by atoms with van der Waals surface area (Å²) in [5.41, 5.74) is 7.96. The molecule has 27 heavy (non-hydrogen) atoms. The minimum atomic E-state index is -0.857. The highest BCUT2D eigenvalue weighted by Gasteiger charge is 2.43. The maximum absolute atomic E-state index is 11.2. The van der Waals surface area contributed by atoms with Crippen molar-refractivity contribution in [2.45, 2.75) is 31.3 Å². The van der Waals surface area contributed by atoms with Crippen molar-refractivity contribution in [2.75, 3.05) is 44.8 Å². The third-order valence-electron chi connectivity index (χ3n) is 5.32. The Morgan fingerprint density at radius 3 is 2.93 bits per heavy atom. The van der Waals surface area contributed by atoms with Gasteiger partial charge in [0.1, 0.15) is 0 Å². The number of halogens is 1. The van der Waals surface area contributed by atoms with Gasteiger partial charge in [-0.25, -0.2) is 5.84 Å². The highest BCUT2D eigenvalue weighted by atomic mass is 35.5. The lowest BCUT2D eigenvalue weighted by Crippen LogP contribution is -2.47. The van der Waals surface area contributed by atoms with Crippen molar-refractivity contribution in [3.8, 4) is 0 Å². The molecule has 4 N–H and O–H groups in total. The van der Waals surface area contributed by atoms with E-state index in [-0.39, 0.29) is 5.60 Å². The van der Waals surface area contributed by atoms with Gasteiger partial charge < -0.3 is 15.5 Å². The van der Waals surface area contributed by atoms with E-state index < -0.39 is 10.8 Å². The van der Waals surface area contributed by atoms with Gasteiger partial charge >= 0.3 is 0 Å². The Kier molecular flexibility index (Phi) is 6.87. The van der Waals surface area contributed by atoms with Crippen molar-refractivity contribution in [3.05, 3.63) is 32.7 Å². The van der Waals surface area contributed by atoms with Gasteiger partial charge in [-0.3, -0.25) is 9.11 Å². The van der Waals surface area contributed by atoms with E-state index in [0.717, 1.165) is 36.9 Å². The van der Waals surface area contributed by atoms with Crippen LogP contribution in [0.2, 0.25) is 4.34 Å². The minimum Gasteiger partial charge on any atom is -0.400 e. The van der Waals surface area contributed by atoms with E-state index in [0.29, 0.717) is 30.5 Å². The van der Waals surface area contributed by atoms with Crippen LogP contribution in [0.25, 0.3) is 0 Å². The van der Waals surface area contributed by atoms with Gasteiger partial charge in [-0.1, -0.05) is 18.5 Å². The van der Waals surface area contributed by atoms with E-state index in [1.807, 2.05) is 0 Å². The zero-order valence-corrected chi connectivity index (χ0v) is 18.3. The fourth-order valence-electron chi connectivity index (χ4n) is 3.83. The van der Waals surface area contributed by atoms with Gasteiger partial charge in [0.25, 0.3) is 0 Å². The fourth-order valence-corrected chi connectivity index (χ4v) is 5.67. The predicted molar refractivity (Wildman–Crippen MR) is 113 cm³/mol. The van der Waals surface area contributed by atoms with Crippen molar-refractivity contribution in [3.63, 3.8) is 0 Å². The largest absolute Gasteiger partial charge is 0.400 e. The standard InChI is InChI=1S/C18H29ClN4O2S2/c1-13-12-25-18(15-9-16(19)26-17(13)15)3-5-22(6-4-18)10-14(20)11-23(21)7-8-27(2)24/h9,11,13H,3-8,10,12,20-21H2,1-2H3/b14-11-. The number of hydrazine groups is 1. The van der Waals surface area contributed by atoms with Crippen LogP contribution in [-0.2, 0) is 21.1 Å². The van der Waals surface area contributed by atoms with Gasteiger partial charge in [-0.2, -0.15) is 0 Å². The molecule has 1 aromatic heterocycles. The Morgan fingerprint density at radius 1 is 1.56 bits per heavy atom. The first kappa shape index (κ1) is 21.1. The molecular formula is C18H29ClN4O2S2. The van der Waals surface area contributed by atoms with Gasteiger partial charge in [0.05, 0.1) is 16.5 Å². The lowest BCUT2D eigenvalue weighted by molar-refractivity contribution is -0.102. The molecule has 2 unspecified atom stereocenters. The number of hydrogen-bond acceptors (Lipinski definition) is 7. The fraction of sp³-hybridized carbons (Fsp3) is 0.667. The molecule has 9 heteroatoms. The Balaban J connectivity index is 1.58. The molecule has 2 aliphatic heterocycles. The summed E-state index contributed by atoms with van der Waals surface area (Å²) in [6.45, 7) is 5.99. The van der Waals surface area contributed by atoms with Crippen LogP contribution in [0.1, 0.15) is 36.1 Å². The number of ether oxygens (including phenoxy) is 1. The van der Waals surface area contributed by atoms with Crippen LogP contribution in [-0.4, -0.2) is 58.9 Å². The molecule has 3 heterocycles. The van der Waals surface area contributed by atoms with Crippen LogP contribution in [0, 0.1) is 0 Å². The summed E-state index contributed by atoms with van der Waals surface area (Å²) in [7, 11) is -0.857. The Hall–Kier alpha value is -0.640. The molecule has 3 rings (SSSR count). The number of piperidine rings is 1. The van der Waals surface area contributed by atoms with Crippen LogP contribution in [0.4, 0.5) is 0 Å². The average Bonchev–Trinajstić information content (AvgIpc) is 3.02. The lowest BCUT2D eigenvalue weighted by atomic mass is 9.80. The molecule has 0 bridgehead atoms. The summed E-state index contributed by atoms with van der Waals surface area (Å²) >= 11 is 8.00. The smallest absolute Gasteiger partial charge is 0.0967 e. The minimum absolute atomic E-state index is 0.203. The maximum atomic E-state index is 11.2. The monoisotopic (exact) mass is 432 g/mol. The van der Waals surface area contributed by atoms with Gasteiger partial charge in [-0.05, 0) is 24.5 Å². The highest BCUT2D eigenvalue weighted by molar-refractivity contribution is 7.84. The molecule has 0 radical (unpaired) electrons. The molecule has 2 aliphatic rings. The molecule has 1 spiro atoms. The number of rotatable bonds is 6. The van der Waals surface area contributed by atoms with Crippen LogP contribution in [0.15, 0.2) is 18.0 Å². The molecule has 0 saturated carbocycles. The number of hydrogen-bond donors (Lipinski definition) is 2. The average molecular weight is 433 g/mol. The number of nitrogens with zero attached hydrogens (tertiary/aromatic N) is 2.